The molecule has 0 aliphatic carbocycles. The van der Waals surface area contributed by atoms with Crippen molar-refractivity contribution in [2.24, 2.45) is 4.99 Å². The number of hydrogen-bond donors (Lipinski definition) is 2. The molecular formula is C18H25FN4O2. The number of aliphatic imine (C=N–C) groups is 1. The molecule has 2 rings (SSSR count). The summed E-state index contributed by atoms with van der Waals surface area (Å²) in [6.07, 6.45) is 2.03. The second-order valence-electron chi connectivity index (χ2n) is 5.75. The average Bonchev–Trinajstić information content (AvgIpc) is 3.14. The van der Waals surface area contributed by atoms with Gasteiger partial charge in [0.1, 0.15) is 5.82 Å². The van der Waals surface area contributed by atoms with Crippen LogP contribution in [0.1, 0.15) is 30.9 Å². The molecule has 1 aromatic rings. The van der Waals surface area contributed by atoms with Crippen molar-refractivity contribution in [1.82, 2.24) is 10.6 Å². The van der Waals surface area contributed by atoms with Crippen LogP contribution >= 0.6 is 0 Å². The Morgan fingerprint density at radius 1 is 1.48 bits per heavy atom. The Bertz CT molecular complexity index is 610. The van der Waals surface area contributed by atoms with E-state index in [0.717, 1.165) is 19.4 Å². The van der Waals surface area contributed by atoms with Crippen LogP contribution in [0, 0.1) is 17.1 Å². The molecule has 1 aliphatic heterocycles. The van der Waals surface area contributed by atoms with Crippen molar-refractivity contribution in [3.05, 3.63) is 35.1 Å². The van der Waals surface area contributed by atoms with Gasteiger partial charge in [-0.15, -0.1) is 0 Å². The fourth-order valence-electron chi connectivity index (χ4n) is 2.44. The second kappa shape index (κ2) is 10.6. The molecule has 0 amide bonds. The SMILES string of the molecule is CCNC(=NCc1cc(C#N)ccc1F)NCCCOC1CCOC1. The molecule has 25 heavy (non-hydrogen) atoms. The van der Waals surface area contributed by atoms with Crippen LogP contribution in [0.2, 0.25) is 0 Å². The van der Waals surface area contributed by atoms with E-state index in [1.165, 1.54) is 18.2 Å². The summed E-state index contributed by atoms with van der Waals surface area (Å²) in [6, 6.07) is 6.30. The molecule has 0 spiro atoms. The fraction of sp³-hybridized carbons (Fsp3) is 0.556. The zero-order chi connectivity index (χ0) is 17.9. The van der Waals surface area contributed by atoms with E-state index in [1.54, 1.807) is 0 Å². The lowest BCUT2D eigenvalue weighted by Gasteiger charge is -2.13. The normalized spacial score (nSPS) is 17.3. The molecule has 1 atom stereocenters. The van der Waals surface area contributed by atoms with Crippen molar-refractivity contribution in [3.63, 3.8) is 0 Å². The first-order valence-electron chi connectivity index (χ1n) is 8.63. The molecule has 6 nitrogen and oxygen atoms in total. The highest BCUT2D eigenvalue weighted by Gasteiger charge is 2.15. The summed E-state index contributed by atoms with van der Waals surface area (Å²) in [7, 11) is 0. The maximum Gasteiger partial charge on any atom is 0.191 e. The van der Waals surface area contributed by atoms with Crippen LogP contribution in [0.5, 0.6) is 0 Å². The summed E-state index contributed by atoms with van der Waals surface area (Å²) < 4.78 is 24.8. The number of guanidine groups is 1. The summed E-state index contributed by atoms with van der Waals surface area (Å²) in [4.78, 5) is 4.38. The van der Waals surface area contributed by atoms with Crippen molar-refractivity contribution in [3.8, 4) is 6.07 Å². The Hall–Kier alpha value is -2.17. The van der Waals surface area contributed by atoms with Gasteiger partial charge in [0.25, 0.3) is 0 Å². The molecule has 0 aromatic heterocycles. The molecule has 0 bridgehead atoms. The van der Waals surface area contributed by atoms with Gasteiger partial charge in [-0.2, -0.15) is 5.26 Å². The van der Waals surface area contributed by atoms with Crippen LogP contribution in [0.3, 0.4) is 0 Å². The van der Waals surface area contributed by atoms with Crippen LogP contribution in [0.4, 0.5) is 4.39 Å². The van der Waals surface area contributed by atoms with Crippen LogP contribution in [-0.2, 0) is 16.0 Å². The minimum absolute atomic E-state index is 0.173. The number of benzene rings is 1. The van der Waals surface area contributed by atoms with Gasteiger partial charge in [0.05, 0.1) is 30.9 Å². The Balaban J connectivity index is 1.78. The smallest absolute Gasteiger partial charge is 0.191 e. The van der Waals surface area contributed by atoms with Gasteiger partial charge < -0.3 is 20.1 Å². The van der Waals surface area contributed by atoms with Crippen molar-refractivity contribution in [2.45, 2.75) is 32.4 Å². The van der Waals surface area contributed by atoms with Crippen LogP contribution in [0.25, 0.3) is 0 Å². The quantitative estimate of drug-likeness (QED) is 0.426. The first-order chi connectivity index (χ1) is 12.2. The zero-order valence-electron chi connectivity index (χ0n) is 14.6. The molecule has 1 fully saturated rings. The Morgan fingerprint density at radius 3 is 3.08 bits per heavy atom. The molecule has 7 heteroatoms. The molecule has 1 saturated heterocycles. The molecule has 1 aromatic carbocycles. The van der Waals surface area contributed by atoms with E-state index in [-0.39, 0.29) is 18.5 Å². The number of nitrogens with zero attached hydrogens (tertiary/aromatic N) is 2. The number of nitriles is 1. The minimum atomic E-state index is -0.356. The van der Waals surface area contributed by atoms with Crippen molar-refractivity contribution < 1.29 is 13.9 Å². The lowest BCUT2D eigenvalue weighted by atomic mass is 10.1. The number of halogens is 1. The third-order valence-corrected chi connectivity index (χ3v) is 3.78. The monoisotopic (exact) mass is 348 g/mol. The molecule has 1 unspecified atom stereocenters. The largest absolute Gasteiger partial charge is 0.379 e. The van der Waals surface area contributed by atoms with Crippen molar-refractivity contribution >= 4 is 5.96 Å². The average molecular weight is 348 g/mol. The predicted octanol–water partition coefficient (Wildman–Crippen LogP) is 1.95. The first-order valence-corrected chi connectivity index (χ1v) is 8.63. The zero-order valence-corrected chi connectivity index (χ0v) is 14.6. The van der Waals surface area contributed by atoms with Gasteiger partial charge >= 0.3 is 0 Å². The number of nitrogens with one attached hydrogen (secondary N) is 2. The fourth-order valence-corrected chi connectivity index (χ4v) is 2.44. The molecule has 0 saturated carbocycles. The van der Waals surface area contributed by atoms with Crippen molar-refractivity contribution in [1.29, 1.82) is 5.26 Å². The van der Waals surface area contributed by atoms with E-state index in [0.29, 0.717) is 43.4 Å². The minimum Gasteiger partial charge on any atom is -0.379 e. The number of hydrogen-bond acceptors (Lipinski definition) is 4. The number of ether oxygens (including phenoxy) is 2. The van der Waals surface area contributed by atoms with E-state index in [4.69, 9.17) is 14.7 Å². The summed E-state index contributed by atoms with van der Waals surface area (Å²) in [5.74, 6) is 0.263. The summed E-state index contributed by atoms with van der Waals surface area (Å²) >= 11 is 0. The molecule has 0 radical (unpaired) electrons. The molecular weight excluding hydrogens is 323 g/mol. The van der Waals surface area contributed by atoms with Gasteiger partial charge in [-0.25, -0.2) is 9.38 Å². The van der Waals surface area contributed by atoms with Gasteiger partial charge in [0.15, 0.2) is 5.96 Å². The van der Waals surface area contributed by atoms with Gasteiger partial charge in [0, 0.05) is 31.9 Å². The van der Waals surface area contributed by atoms with E-state index >= 15 is 0 Å². The second-order valence-corrected chi connectivity index (χ2v) is 5.75. The highest BCUT2D eigenvalue weighted by atomic mass is 19.1. The highest BCUT2D eigenvalue weighted by molar-refractivity contribution is 5.79. The molecule has 2 N–H and O–H groups in total. The van der Waals surface area contributed by atoms with E-state index in [9.17, 15) is 4.39 Å². The highest BCUT2D eigenvalue weighted by Crippen LogP contribution is 2.11. The first kappa shape index (κ1) is 19.2. The summed E-state index contributed by atoms with van der Waals surface area (Å²) in [6.45, 7) is 5.69. The molecule has 136 valence electrons. The van der Waals surface area contributed by atoms with Gasteiger partial charge in [-0.3, -0.25) is 0 Å². The molecule has 1 heterocycles. The third kappa shape index (κ3) is 6.69. The van der Waals surface area contributed by atoms with E-state index in [1.807, 2.05) is 13.0 Å². The Morgan fingerprint density at radius 2 is 2.36 bits per heavy atom. The van der Waals surface area contributed by atoms with Crippen LogP contribution in [-0.4, -0.2) is 45.0 Å². The summed E-state index contributed by atoms with van der Waals surface area (Å²) in [5, 5.41) is 15.2. The lowest BCUT2D eigenvalue weighted by Crippen LogP contribution is -2.38. The van der Waals surface area contributed by atoms with E-state index in [2.05, 4.69) is 15.6 Å². The van der Waals surface area contributed by atoms with Crippen molar-refractivity contribution in [2.75, 3.05) is 32.9 Å². The third-order valence-electron chi connectivity index (χ3n) is 3.78. The van der Waals surface area contributed by atoms with Crippen LogP contribution in [0.15, 0.2) is 23.2 Å². The molecule has 1 aliphatic rings. The van der Waals surface area contributed by atoms with Crippen LogP contribution < -0.4 is 10.6 Å². The van der Waals surface area contributed by atoms with Gasteiger partial charge in [0.2, 0.25) is 0 Å². The maximum atomic E-state index is 13.8. The van der Waals surface area contributed by atoms with Gasteiger partial charge in [-0.05, 0) is 38.0 Å². The Kier molecular flexibility index (Phi) is 8.16. The lowest BCUT2D eigenvalue weighted by molar-refractivity contribution is 0.0420. The maximum absolute atomic E-state index is 13.8. The summed E-state index contributed by atoms with van der Waals surface area (Å²) in [5.41, 5.74) is 0.832. The van der Waals surface area contributed by atoms with E-state index < -0.39 is 0 Å². The van der Waals surface area contributed by atoms with Gasteiger partial charge in [-0.1, -0.05) is 0 Å². The topological polar surface area (TPSA) is 78.7 Å². The Labute approximate surface area is 148 Å². The predicted molar refractivity (Wildman–Crippen MR) is 93.7 cm³/mol. The standard InChI is InChI=1S/C18H25FN4O2/c1-2-21-18(22-7-3-8-25-16-6-9-24-13-16)23-12-15-10-14(11-20)4-5-17(15)19/h4-5,10,16H,2-3,6-9,12-13H2,1H3,(H2,21,22,23). The number of rotatable bonds is 8.